The standard InChI is InChI=1S/C3H9O50Si51/c1-104(2,3)103(53)102(52)101(51)100(50)99(49)98(48)97(47)96(46)95(45)94(44)93(43)92(42)91(41)90(40)89(39)88(38)87(37)86(36)85(35)84(34)83(33)82(32)81(31)80(30)79(29)78(28)77(27)76(26)75(25)74(24)73(23)72(22)71(21)70(20)69(19)68(18)67(17)66(16)65(15)64(14)63(13)62(12)61(11)60(10)59(9)58(8)57(7)56(6)55(5)54-4/h1-3H3. The SMILES string of the molecule is C[Si](C)(C)[Si](=O)[Si](=O)[Si](=O)[Si](=O)[Si](=O)[Si](=O)[Si](=O)[Si](=O)[Si](=O)[Si](=O)[Si](=O)[Si](=O)[Si](=O)[Si](=O)[Si](=O)[Si](=O)[Si](=O)[Si](=O)[Si](=O)[Si](=O)[Si](=O)[Si](=O)[Si](=O)[Si](=O)[Si](=O)[Si](=O)[Si](=O)[Si](=O)[Si](=O)[Si](=O)[Si](=O)[Si](=O)[Si](=O)[Si](=O)[Si](=O)[Si](=O)[Si](=O)[Si](=O)[Si](=O)[Si](=O)[Si](=O)[Si](=O)[Si](=O)[Si](=O)[Si](=O)[Si](=O)[Si](=O)[Si](=O)[Si](=O)[Si]=O. The molecule has 0 aliphatic carbocycles. The summed E-state index contributed by atoms with van der Waals surface area (Å²) in [6.07, 6.45) is 0. The van der Waals surface area contributed by atoms with Gasteiger partial charge in [-0.15, -0.1) is 0 Å². The van der Waals surface area contributed by atoms with Gasteiger partial charge in [-0.05, 0) is 0 Å². The monoisotopic (exact) mass is 2270 g/mol. The summed E-state index contributed by atoms with van der Waals surface area (Å²) in [7, 11) is -233. The van der Waals surface area contributed by atoms with Crippen LogP contribution in [0.3, 0.4) is 0 Å². The van der Waals surface area contributed by atoms with Gasteiger partial charge >= 0.3 is 387 Å². The molecule has 101 heteroatoms. The minimum Gasteiger partial charge on any atom is -0.389 e. The Morgan fingerprint density at radius 3 is 0.260 bits per heavy atom. The van der Waals surface area contributed by atoms with Gasteiger partial charge in [0.1, 0.15) is 7.59 Å². The Labute approximate surface area is 629 Å². The third-order valence-corrected chi connectivity index (χ3v) is 408. The summed E-state index contributed by atoms with van der Waals surface area (Å²) in [5.74, 6) is 0. The van der Waals surface area contributed by atoms with Crippen molar-refractivity contribution < 1.29 is 223 Å². The summed E-state index contributed by atoms with van der Waals surface area (Å²) in [6, 6.07) is 0. The van der Waals surface area contributed by atoms with Crippen LogP contribution in [-0.2, 0) is 223 Å². The summed E-state index contributed by atoms with van der Waals surface area (Å²) in [6.45, 7) is 4.21. The quantitative estimate of drug-likeness (QED) is 0.0510. The van der Waals surface area contributed by atoms with Crippen molar-refractivity contribution in [3.63, 3.8) is 0 Å². The van der Waals surface area contributed by atoms with Gasteiger partial charge in [0.2, 0.25) is 0 Å². The highest BCUT2D eigenvalue weighted by Gasteiger charge is 2.62. The third kappa shape index (κ3) is 26.6. The molecule has 0 unspecified atom stereocenters. The van der Waals surface area contributed by atoms with E-state index in [1.807, 2.05) is 0 Å². The van der Waals surface area contributed by atoms with E-state index in [4.69, 9.17) is 0 Å². The van der Waals surface area contributed by atoms with Gasteiger partial charge in [-0.25, -0.2) is 0 Å². The molecule has 0 N–H and O–H groups in total. The van der Waals surface area contributed by atoms with Crippen molar-refractivity contribution in [3.05, 3.63) is 0 Å². The molecular formula is C3H9O50Si51. The molecule has 0 heterocycles. The van der Waals surface area contributed by atoms with E-state index in [1.165, 1.54) is 19.6 Å². The summed E-state index contributed by atoms with van der Waals surface area (Å²) < 4.78 is 633. The van der Waals surface area contributed by atoms with Gasteiger partial charge in [0.25, 0.3) is 0 Å². The van der Waals surface area contributed by atoms with Gasteiger partial charge in [-0.1, -0.05) is 19.6 Å². The van der Waals surface area contributed by atoms with Gasteiger partial charge in [-0.2, -0.15) is 0 Å². The highest BCUT2D eigenvalue weighted by Crippen LogP contribution is 2.01. The molecule has 0 spiro atoms. The van der Waals surface area contributed by atoms with E-state index in [0.29, 0.717) is 0 Å². The van der Waals surface area contributed by atoms with Gasteiger partial charge < -0.3 is 223 Å². The van der Waals surface area contributed by atoms with Gasteiger partial charge in [-0.3, -0.25) is 0 Å². The largest absolute Gasteiger partial charge is 0.389 e. The first-order valence-electron chi connectivity index (χ1n) is 24.2. The van der Waals surface area contributed by atoms with Crippen LogP contribution in [0.2, 0.25) is 19.6 Å². The fraction of sp³-hybridized carbons (Fsp3) is 1.00. The van der Waals surface area contributed by atoms with Crippen LogP contribution in [0.1, 0.15) is 0 Å². The Morgan fingerprint density at radius 2 is 0.192 bits per heavy atom. The predicted octanol–water partition coefficient (Wildman–Crippen LogP) is -23.6. The fourth-order valence-corrected chi connectivity index (χ4v) is 600. The molecule has 0 aromatic heterocycles. The Kier molecular flexibility index (Phi) is 46.4. The smallest absolute Gasteiger partial charge is 0.381 e. The molecule has 0 aromatic rings. The second-order valence-corrected chi connectivity index (χ2v) is 268. The molecule has 0 rings (SSSR count). The lowest BCUT2D eigenvalue weighted by Gasteiger charge is -2.08. The fourth-order valence-electron chi connectivity index (χ4n) is 5.23. The first-order valence-corrected chi connectivity index (χ1v) is 148. The van der Waals surface area contributed by atoms with Crippen molar-refractivity contribution in [2.24, 2.45) is 0 Å². The van der Waals surface area contributed by atoms with Crippen LogP contribution in [0.15, 0.2) is 0 Å². The average Bonchev–Trinajstić information content (AvgIpc) is 0.824. The van der Waals surface area contributed by atoms with Crippen molar-refractivity contribution in [3.8, 4) is 0 Å². The van der Waals surface area contributed by atoms with Crippen LogP contribution in [0, 0.1) is 0 Å². The van der Waals surface area contributed by atoms with Crippen LogP contribution >= 0.6 is 0 Å². The molecule has 0 saturated heterocycles. The lowest BCUT2D eigenvalue weighted by molar-refractivity contribution is 0.531. The minimum atomic E-state index is -4.95. The normalized spacial score (nSPS) is 10.1. The van der Waals surface area contributed by atoms with Gasteiger partial charge in [0.05, 0.1) is 0 Å². The summed E-state index contributed by atoms with van der Waals surface area (Å²) in [5.41, 5.74) is 0. The van der Waals surface area contributed by atoms with E-state index >= 15 is 0 Å². The molecule has 0 saturated carbocycles. The highest BCUT2D eigenvalue weighted by molar-refractivity contribution is 7.87. The van der Waals surface area contributed by atoms with Gasteiger partial charge in [0, 0.05) is 0 Å². The van der Waals surface area contributed by atoms with Crippen LogP contribution in [0.5, 0.6) is 0 Å². The molecule has 0 fully saturated rings. The van der Waals surface area contributed by atoms with Crippen molar-refractivity contribution in [1.82, 2.24) is 0 Å². The first-order chi connectivity index (χ1) is 47.2. The number of hydrogen-bond acceptors (Lipinski definition) is 50. The minimum absolute atomic E-state index is 1.40. The van der Waals surface area contributed by atoms with Crippen molar-refractivity contribution in [2.75, 3.05) is 0 Å². The molecule has 104 heavy (non-hydrogen) atoms. The predicted molar refractivity (Wildman–Crippen MR) is 345 cm³/mol. The molecule has 0 aliphatic heterocycles. The maximum absolute atomic E-state index is 12.9. The summed E-state index contributed by atoms with van der Waals surface area (Å²) in [4.78, 5) is 0. The highest BCUT2D eigenvalue weighted by atomic mass is 30.2. The molecule has 525 valence electrons. The maximum atomic E-state index is 12.9. The number of hydrogen-bond donors (Lipinski definition) is 0. The lowest BCUT2D eigenvalue weighted by Crippen LogP contribution is -2.58. The van der Waals surface area contributed by atoms with Crippen LogP contribution < -0.4 is 0 Å². The van der Waals surface area contributed by atoms with Crippen LogP contribution in [0.4, 0.5) is 0 Å². The van der Waals surface area contributed by atoms with Crippen molar-refractivity contribution >= 4 is 395 Å². The lowest BCUT2D eigenvalue weighted by atomic mass is 11.8. The Hall–Kier alpha value is 1.06. The maximum Gasteiger partial charge on any atom is 0.381 e. The molecule has 0 amide bonds. The zero-order chi connectivity index (χ0) is 82.5. The first kappa shape index (κ1) is 105. The molecule has 0 aliphatic rings. The zero-order valence-corrected chi connectivity index (χ0v) is 99.9. The van der Waals surface area contributed by atoms with E-state index in [2.05, 4.69) is 0 Å². The number of rotatable bonds is 50. The van der Waals surface area contributed by atoms with E-state index in [9.17, 15) is 223 Å². The Bertz CT molecular complexity index is 4910. The molecule has 1 radical (unpaired) electrons. The summed E-state index contributed by atoms with van der Waals surface area (Å²) in [5, 5.41) is 0. The van der Waals surface area contributed by atoms with Crippen molar-refractivity contribution in [1.29, 1.82) is 0 Å². The summed E-state index contributed by atoms with van der Waals surface area (Å²) >= 11 is 0. The molecule has 0 atom stereocenters. The molecular weight excluding hydrogens is 2270 g/mol. The van der Waals surface area contributed by atoms with E-state index < -0.39 is 395 Å². The molecule has 0 bridgehead atoms. The topological polar surface area (TPSA) is 854 Å². The van der Waals surface area contributed by atoms with Crippen molar-refractivity contribution in [2.45, 2.75) is 19.6 Å². The second kappa shape index (κ2) is 46.0. The third-order valence-electron chi connectivity index (χ3n) is 10.7. The van der Waals surface area contributed by atoms with Crippen LogP contribution in [0.25, 0.3) is 0 Å². The Balaban J connectivity index is 6.04. The van der Waals surface area contributed by atoms with E-state index in [1.54, 1.807) is 0 Å². The van der Waals surface area contributed by atoms with E-state index in [-0.39, 0.29) is 0 Å². The van der Waals surface area contributed by atoms with E-state index in [0.717, 1.165) is 0 Å². The second-order valence-electron chi connectivity index (χ2n) is 18.5. The van der Waals surface area contributed by atoms with Gasteiger partial charge in [0.15, 0.2) is 0 Å². The molecule has 0 aromatic carbocycles. The van der Waals surface area contributed by atoms with Crippen LogP contribution in [-0.4, -0.2) is 395 Å². The zero-order valence-electron chi connectivity index (χ0n) is 48.9. The molecule has 50 nitrogen and oxygen atoms in total. The average molecular weight is 2280 g/mol. The Morgan fingerprint density at radius 1 is 0.125 bits per heavy atom.